The van der Waals surface area contributed by atoms with E-state index in [0.717, 1.165) is 18.4 Å². The normalized spacial score (nSPS) is 17.5. The van der Waals surface area contributed by atoms with Gasteiger partial charge in [0.1, 0.15) is 23.8 Å². The van der Waals surface area contributed by atoms with Crippen molar-refractivity contribution < 1.29 is 32.2 Å². The molecule has 0 radical (unpaired) electrons. The molecule has 0 bridgehead atoms. The summed E-state index contributed by atoms with van der Waals surface area (Å²) >= 11 is 6.68. The minimum atomic E-state index is -4.68. The smallest absolute Gasteiger partial charge is 0.362 e. The van der Waals surface area contributed by atoms with E-state index in [-0.39, 0.29) is 19.5 Å². The molecule has 0 spiro atoms. The first-order chi connectivity index (χ1) is 12.0. The van der Waals surface area contributed by atoms with E-state index in [1.807, 2.05) is 0 Å². The Morgan fingerprint density at radius 3 is 2.65 bits per heavy atom. The summed E-state index contributed by atoms with van der Waals surface area (Å²) in [5, 5.41) is 8.33. The van der Waals surface area contributed by atoms with Crippen molar-refractivity contribution in [2.24, 2.45) is 5.16 Å². The maximum atomic E-state index is 12.4. The van der Waals surface area contributed by atoms with Gasteiger partial charge in [-0.05, 0) is 0 Å². The van der Waals surface area contributed by atoms with Gasteiger partial charge in [-0.3, -0.25) is 18.9 Å². The van der Waals surface area contributed by atoms with Crippen LogP contribution in [0.15, 0.2) is 5.16 Å². The zero-order valence-electron chi connectivity index (χ0n) is 13.2. The number of halogens is 1. The van der Waals surface area contributed by atoms with Crippen molar-refractivity contribution in [1.29, 1.82) is 0 Å². The number of oxime groups is 1. The molecule has 1 aliphatic rings. The van der Waals surface area contributed by atoms with Gasteiger partial charge in [0.05, 0.1) is 6.54 Å². The van der Waals surface area contributed by atoms with Crippen LogP contribution < -0.4 is 10.6 Å². The molecule has 1 atom stereocenters. The fourth-order valence-electron chi connectivity index (χ4n) is 1.92. The van der Waals surface area contributed by atoms with Crippen molar-refractivity contribution in [2.75, 3.05) is 19.0 Å². The molecule has 0 aromatic carbocycles. The SMILES string of the molecule is CON=C(C(=O)NC1CN(S(=O)(=O)O)C1=O)c1nc(Cl)sc1NC(C)=O. The summed E-state index contributed by atoms with van der Waals surface area (Å²) in [5.41, 5.74) is -0.481. The molecule has 15 heteroatoms. The number of nitrogens with zero attached hydrogens (tertiary/aromatic N) is 3. The molecular formula is C11H12ClN5O7S2. The highest BCUT2D eigenvalue weighted by atomic mass is 35.5. The molecule has 0 aliphatic carbocycles. The van der Waals surface area contributed by atoms with Crippen LogP contribution in [0.1, 0.15) is 12.6 Å². The number of carbonyl (C=O) groups is 3. The van der Waals surface area contributed by atoms with E-state index in [1.54, 1.807) is 0 Å². The summed E-state index contributed by atoms with van der Waals surface area (Å²) in [7, 11) is -3.52. The molecule has 1 fully saturated rings. The molecule has 3 amide bonds. The largest absolute Gasteiger partial charge is 0.398 e. The van der Waals surface area contributed by atoms with Gasteiger partial charge in [-0.15, -0.1) is 0 Å². The lowest BCUT2D eigenvalue weighted by Gasteiger charge is -2.35. The molecule has 0 saturated carbocycles. The second-order valence-corrected chi connectivity index (χ2v) is 7.74. The van der Waals surface area contributed by atoms with Gasteiger partial charge in [-0.1, -0.05) is 28.1 Å². The molecule has 1 aromatic heterocycles. The third kappa shape index (κ3) is 4.27. The summed E-state index contributed by atoms with van der Waals surface area (Å²) in [6, 6.07) is -1.19. The highest BCUT2D eigenvalue weighted by Gasteiger charge is 2.45. The quantitative estimate of drug-likeness (QED) is 0.231. The van der Waals surface area contributed by atoms with Crippen molar-refractivity contribution in [2.45, 2.75) is 13.0 Å². The molecule has 3 N–H and O–H groups in total. The Kier molecular flexibility index (Phi) is 5.80. The number of hydrogen-bond acceptors (Lipinski definition) is 9. The minimum Gasteiger partial charge on any atom is -0.398 e. The first-order valence-corrected chi connectivity index (χ1v) is 9.29. The Morgan fingerprint density at radius 2 is 2.15 bits per heavy atom. The Bertz CT molecular complexity index is 897. The number of rotatable bonds is 6. The third-order valence-corrected chi connectivity index (χ3v) is 4.95. The van der Waals surface area contributed by atoms with E-state index in [4.69, 9.17) is 16.2 Å². The zero-order valence-corrected chi connectivity index (χ0v) is 15.6. The third-order valence-electron chi connectivity index (χ3n) is 2.99. The molecular weight excluding hydrogens is 414 g/mol. The van der Waals surface area contributed by atoms with Gasteiger partial charge >= 0.3 is 10.3 Å². The average Bonchev–Trinajstić information content (AvgIpc) is 2.86. The molecule has 1 unspecified atom stereocenters. The lowest BCUT2D eigenvalue weighted by atomic mass is 10.1. The predicted octanol–water partition coefficient (Wildman–Crippen LogP) is -0.765. The zero-order chi connectivity index (χ0) is 19.6. The van der Waals surface area contributed by atoms with Crippen LogP contribution >= 0.6 is 22.9 Å². The number of thiazole rings is 1. The maximum Gasteiger partial charge on any atom is 0.362 e. The molecule has 12 nitrogen and oxygen atoms in total. The van der Waals surface area contributed by atoms with E-state index in [0.29, 0.717) is 0 Å². The summed E-state index contributed by atoms with van der Waals surface area (Å²) in [5.74, 6) is -2.38. The summed E-state index contributed by atoms with van der Waals surface area (Å²) in [4.78, 5) is 43.8. The minimum absolute atomic E-state index is 0.0117. The van der Waals surface area contributed by atoms with Gasteiger partial charge < -0.3 is 15.5 Å². The number of β-lactam (4-membered cyclic amide) rings is 1. The predicted molar refractivity (Wildman–Crippen MR) is 90.2 cm³/mol. The van der Waals surface area contributed by atoms with E-state index >= 15 is 0 Å². The van der Waals surface area contributed by atoms with Crippen molar-refractivity contribution in [3.05, 3.63) is 10.2 Å². The van der Waals surface area contributed by atoms with Crippen LogP contribution in [0.4, 0.5) is 5.00 Å². The van der Waals surface area contributed by atoms with Crippen molar-refractivity contribution in [1.82, 2.24) is 14.6 Å². The Labute approximate surface area is 156 Å². The lowest BCUT2D eigenvalue weighted by Crippen LogP contribution is -2.65. The molecule has 2 heterocycles. The Balaban J connectivity index is 2.22. The van der Waals surface area contributed by atoms with Crippen LogP contribution in [0.25, 0.3) is 0 Å². The van der Waals surface area contributed by atoms with E-state index in [2.05, 4.69) is 25.6 Å². The van der Waals surface area contributed by atoms with Gasteiger partial charge in [-0.2, -0.15) is 8.42 Å². The first-order valence-electron chi connectivity index (χ1n) is 6.70. The van der Waals surface area contributed by atoms with Crippen LogP contribution in [0.2, 0.25) is 4.47 Å². The summed E-state index contributed by atoms with van der Waals surface area (Å²) in [6.07, 6.45) is 0. The molecule has 142 valence electrons. The van der Waals surface area contributed by atoms with Crippen molar-refractivity contribution in [3.63, 3.8) is 0 Å². The number of nitrogens with one attached hydrogen (secondary N) is 2. The number of hydrogen-bond donors (Lipinski definition) is 3. The second kappa shape index (κ2) is 7.53. The van der Waals surface area contributed by atoms with Crippen LogP contribution in [0.5, 0.6) is 0 Å². The van der Waals surface area contributed by atoms with Gasteiger partial charge in [0, 0.05) is 6.92 Å². The fourth-order valence-corrected chi connectivity index (χ4v) is 3.67. The molecule has 26 heavy (non-hydrogen) atoms. The van der Waals surface area contributed by atoms with Crippen molar-refractivity contribution >= 4 is 61.7 Å². The second-order valence-electron chi connectivity index (χ2n) is 4.82. The van der Waals surface area contributed by atoms with Gasteiger partial charge in [-0.25, -0.2) is 9.29 Å². The van der Waals surface area contributed by atoms with Crippen molar-refractivity contribution in [3.8, 4) is 0 Å². The number of amides is 3. The van der Waals surface area contributed by atoms with Gasteiger partial charge in [0.2, 0.25) is 5.91 Å². The standard InChI is InChI=1S/C11H12ClN5O7S2/c1-4(18)13-9-7(15-11(12)25-9)6(16-24-2)8(19)14-5-3-17(10(5)20)26(21,22)23/h5H,3H2,1-2H3,(H,13,18)(H,14,19)(H,21,22,23). The molecule has 2 rings (SSSR count). The molecule has 1 aliphatic heterocycles. The van der Waals surface area contributed by atoms with Crippen LogP contribution in [-0.4, -0.2) is 65.4 Å². The number of aromatic nitrogens is 1. The Morgan fingerprint density at radius 1 is 1.50 bits per heavy atom. The van der Waals surface area contributed by atoms with Crippen LogP contribution in [-0.2, 0) is 29.5 Å². The monoisotopic (exact) mass is 425 g/mol. The van der Waals surface area contributed by atoms with E-state index in [9.17, 15) is 22.8 Å². The van der Waals surface area contributed by atoms with Crippen LogP contribution in [0, 0.1) is 0 Å². The van der Waals surface area contributed by atoms with Crippen LogP contribution in [0.3, 0.4) is 0 Å². The first kappa shape index (κ1) is 20.0. The molecule has 1 saturated heterocycles. The highest BCUT2D eigenvalue weighted by molar-refractivity contribution is 7.84. The summed E-state index contributed by atoms with van der Waals surface area (Å²) in [6.45, 7) is 0.793. The molecule has 1 aromatic rings. The van der Waals surface area contributed by atoms with Gasteiger partial charge in [0.15, 0.2) is 10.2 Å². The number of anilines is 1. The highest BCUT2D eigenvalue weighted by Crippen LogP contribution is 2.29. The summed E-state index contributed by atoms with van der Waals surface area (Å²) < 4.78 is 30.8. The lowest BCUT2D eigenvalue weighted by molar-refractivity contribution is -0.139. The van der Waals surface area contributed by atoms with Gasteiger partial charge in [0.25, 0.3) is 11.8 Å². The number of carbonyl (C=O) groups excluding carboxylic acids is 3. The maximum absolute atomic E-state index is 12.4. The topological polar surface area (TPSA) is 167 Å². The van der Waals surface area contributed by atoms with E-state index in [1.165, 1.54) is 6.92 Å². The average molecular weight is 426 g/mol. The van der Waals surface area contributed by atoms with E-state index < -0.39 is 46.3 Å². The Hall–Kier alpha value is -2.29. The fraction of sp³-hybridized carbons (Fsp3) is 0.364.